The molecule has 2 aromatic rings. The number of amides is 1. The molecular weight excluding hydrogens is 1500 g/mol. The van der Waals surface area contributed by atoms with Gasteiger partial charge in [-0.05, 0) is 234 Å². The number of phenols is 1. The molecule has 33 heteroatoms. The average Bonchev–Trinajstić information content (AvgIpc) is 1.14. The molecule has 0 spiro atoms. The molecule has 1 saturated heterocycles. The lowest BCUT2D eigenvalue weighted by Crippen LogP contribution is -2.67. The number of aryl methyl sites for hydroxylation is 2. The topological polar surface area (TPSA) is 139 Å². The van der Waals surface area contributed by atoms with Crippen LogP contribution in [0.4, 0.5) is 83.8 Å². The molecule has 2 unspecified atom stereocenters. The van der Waals surface area contributed by atoms with E-state index in [0.29, 0.717) is 79.8 Å². The maximum absolute atomic E-state index is 13.4. The van der Waals surface area contributed by atoms with Gasteiger partial charge in [0.25, 0.3) is 0 Å². The number of hydrogen-bond acceptors (Lipinski definition) is 14. The maximum Gasteiger partial charge on any atom is 0.435 e. The molecule has 0 bridgehead atoms. The Kier molecular flexibility index (Phi) is 32.4. The summed E-state index contributed by atoms with van der Waals surface area (Å²) in [7, 11) is 3.99. The Hall–Kier alpha value is -2.63. The summed E-state index contributed by atoms with van der Waals surface area (Å²) < 4.78 is 261. The molecule has 0 aromatic heterocycles. The Morgan fingerprint density at radius 3 is 1.47 bits per heavy atom. The van der Waals surface area contributed by atoms with Crippen molar-refractivity contribution in [2.45, 2.75) is 252 Å². The maximum atomic E-state index is 13.4. The number of nitrogens with zero attached hydrogens (tertiary/aromatic N) is 1. The van der Waals surface area contributed by atoms with E-state index < -0.39 is 80.4 Å². The fourth-order valence-corrected chi connectivity index (χ4v) is 20.6. The van der Waals surface area contributed by atoms with Crippen molar-refractivity contribution in [3.63, 3.8) is 0 Å². The fourth-order valence-electron chi connectivity index (χ4n) is 17.5. The lowest BCUT2D eigenvalue weighted by molar-refractivity contribution is -0.458. The number of thiol groups is 2. The number of carbonyl (C=O) groups is 1. The van der Waals surface area contributed by atoms with Gasteiger partial charge in [-0.1, -0.05) is 73.3 Å². The molecule has 5 fully saturated rings. The third-order valence-corrected chi connectivity index (χ3v) is 26.0. The normalized spacial score (nSPS) is 26.8. The quantitative estimate of drug-likeness (QED) is 0.0192. The van der Waals surface area contributed by atoms with Crippen molar-refractivity contribution in [3.8, 4) is 11.5 Å². The highest BCUT2D eigenvalue weighted by atomic mass is 33.1. The van der Waals surface area contributed by atoms with E-state index in [2.05, 4.69) is 53.9 Å². The van der Waals surface area contributed by atoms with Gasteiger partial charge in [-0.15, -0.1) is 0 Å². The van der Waals surface area contributed by atoms with E-state index >= 15 is 0 Å². The van der Waals surface area contributed by atoms with Gasteiger partial charge >= 0.3 is 54.4 Å². The third kappa shape index (κ3) is 20.7. The Bertz CT molecular complexity index is 2890. The van der Waals surface area contributed by atoms with Crippen molar-refractivity contribution in [1.82, 2.24) is 10.2 Å². The van der Waals surface area contributed by atoms with Crippen LogP contribution in [0.5, 0.6) is 11.5 Å². The minimum atomic E-state index is -6.76. The number of ether oxygens (including phenoxy) is 5. The fraction of sp³-hybridized carbons (Fsp3) is 0.817. The minimum absolute atomic E-state index is 0.133. The molecular formula is C71H100F18N2O9S4. The van der Waals surface area contributed by atoms with E-state index in [9.17, 15) is 88.9 Å². The monoisotopic (exact) mass is 1590 g/mol. The van der Waals surface area contributed by atoms with Gasteiger partial charge in [-0.2, -0.15) is 104 Å². The van der Waals surface area contributed by atoms with Crippen LogP contribution in [-0.2, 0) is 31.8 Å². The molecule has 6 aliphatic carbocycles. The molecule has 1 heterocycles. The number of hydrogen-bond donors (Lipinski definition) is 6. The number of nitrogens with one attached hydrogen (secondary N) is 1. The largest absolute Gasteiger partial charge is 0.508 e. The summed E-state index contributed by atoms with van der Waals surface area (Å²) in [5.74, 6) is 6.12. The van der Waals surface area contributed by atoms with Gasteiger partial charge in [0.1, 0.15) is 11.5 Å². The van der Waals surface area contributed by atoms with Crippen LogP contribution in [0.3, 0.4) is 0 Å². The van der Waals surface area contributed by atoms with E-state index in [1.807, 2.05) is 45.9 Å². The lowest BCUT2D eigenvalue weighted by atomic mass is 9.55. The molecule has 12 atom stereocenters. The zero-order valence-corrected chi connectivity index (χ0v) is 61.9. The number of benzene rings is 2. The number of carbonyl (C=O) groups excluding carboxylic acids is 1. The molecule has 2 aromatic carbocycles. The Labute approximate surface area is 615 Å². The summed E-state index contributed by atoms with van der Waals surface area (Å²) in [4.78, 5) is 15.1. The molecule has 7 aliphatic rings. The Morgan fingerprint density at radius 2 is 1.03 bits per heavy atom. The zero-order valence-electron chi connectivity index (χ0n) is 58.4. The molecule has 9 rings (SSSR count). The highest BCUT2D eigenvalue weighted by Gasteiger charge is 2.86. The summed E-state index contributed by atoms with van der Waals surface area (Å²) in [6.45, 7) is 2.78. The highest BCUT2D eigenvalue weighted by Crippen LogP contribution is 2.64. The smallest absolute Gasteiger partial charge is 0.435 e. The van der Waals surface area contributed by atoms with Crippen LogP contribution in [0.2, 0.25) is 0 Å². The number of rotatable bonds is 30. The van der Waals surface area contributed by atoms with Crippen molar-refractivity contribution in [1.29, 1.82) is 0 Å². The molecule has 1 amide bonds. The molecule has 4 N–H and O–H groups in total. The number of fused-ring (bicyclic) bond motifs is 10. The van der Waals surface area contributed by atoms with E-state index in [1.54, 1.807) is 17.0 Å². The molecule has 0 radical (unpaired) electrons. The van der Waals surface area contributed by atoms with Gasteiger partial charge in [0.15, 0.2) is 0 Å². The number of alkyl halides is 18. The SMILES string of the molecule is C[C@]12CC[C@@H]3c4ccc(O)cc4CC[C@H]3[C@@H]1CC[C@@H]2OCCCOC(C(F)(F)F)(C(F)(F)F)C(F)(F)F.C[C@]12CC[C@@H]3c4ccc(OC(=O)N(CCCCCCO)C(CS)CCS)cc4CC[C@H]3[C@@H]1CC[C@@H]2OCCCOC(C(F)(F)F)(C(F)(F)F)C(F)(F)F.OCCCCCCNC1CCSSC1. The Balaban J connectivity index is 0.000000254. The number of halogens is 18. The van der Waals surface area contributed by atoms with E-state index in [0.717, 1.165) is 114 Å². The van der Waals surface area contributed by atoms with Gasteiger partial charge in [-0.25, -0.2) is 4.79 Å². The third-order valence-electron chi connectivity index (χ3n) is 22.8. The minimum Gasteiger partial charge on any atom is -0.508 e. The number of phenolic OH excluding ortho intramolecular Hbond substituents is 1. The molecule has 11 nitrogen and oxygen atoms in total. The lowest BCUT2D eigenvalue weighted by Gasteiger charge is -2.50. The van der Waals surface area contributed by atoms with Gasteiger partial charge in [0.05, 0.1) is 25.4 Å². The average molecular weight is 1600 g/mol. The van der Waals surface area contributed by atoms with Crippen LogP contribution < -0.4 is 10.1 Å². The standard InChI is InChI=1S/C36H50F9NO5S2.C25H29F9O3.C10H21NOS2/c1-32-15-13-27-26-10-8-25(51-31(48)46(24(22-53)14-20-52)16-4-2-3-5-17-47)21-23(26)7-9-28(27)29(32)11-12-30(32)49-18-6-19-50-33(34(37,38)39,35(40,41)42)36(43,44)45;1-21-10-9-17-16-6-4-15(35)13-14(16)3-5-18(17)19(21)7-8-20(21)36-11-2-12-37-22(23(26,27)28,24(29,30)31)25(32,33)34;12-7-4-2-1-3-6-11-10-5-8-13-14-9-10/h8,10,21,24,27-30,47,52-53H,2-7,9,11-20,22H2,1H3;4,6,13,17-20,35H,2-3,5,7-12H2,1H3;10-12H,1-9H2/t24?,27-,28-,29+,30+,32+;17-,18-,19+,20+,21+;/m11./s1. The van der Waals surface area contributed by atoms with Crippen LogP contribution >= 0.6 is 46.8 Å². The molecule has 598 valence electrons. The zero-order chi connectivity index (χ0) is 76.7. The van der Waals surface area contributed by atoms with Crippen molar-refractivity contribution >= 4 is 52.9 Å². The highest BCUT2D eigenvalue weighted by molar-refractivity contribution is 8.76. The van der Waals surface area contributed by atoms with E-state index in [-0.39, 0.29) is 66.5 Å². The number of aliphatic hydroxyl groups is 2. The Morgan fingerprint density at radius 1 is 0.567 bits per heavy atom. The number of unbranched alkanes of at least 4 members (excludes halogenated alkanes) is 6. The first kappa shape index (κ1) is 88.6. The first-order chi connectivity index (χ1) is 48.8. The summed E-state index contributed by atoms with van der Waals surface area (Å²) in [5.41, 5.74) is -8.41. The second kappa shape index (κ2) is 38.1. The van der Waals surface area contributed by atoms with E-state index in [4.69, 9.17) is 24.4 Å². The summed E-state index contributed by atoms with van der Waals surface area (Å²) in [6, 6.07) is 11.8. The van der Waals surface area contributed by atoms with Crippen molar-refractivity contribution < 1.29 is 123 Å². The van der Waals surface area contributed by atoms with E-state index in [1.165, 1.54) is 48.3 Å². The molecule has 4 saturated carbocycles. The van der Waals surface area contributed by atoms with Crippen LogP contribution in [0.1, 0.15) is 189 Å². The van der Waals surface area contributed by atoms with Crippen molar-refractivity contribution in [2.24, 2.45) is 34.5 Å². The first-order valence-electron chi connectivity index (χ1n) is 36.1. The second-order valence-corrected chi connectivity index (χ2v) is 32.5. The number of aliphatic hydroxyl groups excluding tert-OH is 2. The predicted octanol–water partition coefficient (Wildman–Crippen LogP) is 19.5. The van der Waals surface area contributed by atoms with Gasteiger partial charge in [0.2, 0.25) is 0 Å². The van der Waals surface area contributed by atoms with Gasteiger partial charge in [-0.3, -0.25) is 0 Å². The summed E-state index contributed by atoms with van der Waals surface area (Å²) >= 11 is 8.81. The van der Waals surface area contributed by atoms with Crippen LogP contribution in [0.25, 0.3) is 0 Å². The van der Waals surface area contributed by atoms with Crippen LogP contribution in [-0.4, -0.2) is 175 Å². The predicted molar refractivity (Wildman–Crippen MR) is 367 cm³/mol. The van der Waals surface area contributed by atoms with Crippen LogP contribution in [0.15, 0.2) is 36.4 Å². The summed E-state index contributed by atoms with van der Waals surface area (Å²) in [6.07, 6.45) is -23.3. The molecule has 104 heavy (non-hydrogen) atoms. The van der Waals surface area contributed by atoms with Crippen molar-refractivity contribution in [3.05, 3.63) is 58.7 Å². The molecule has 1 aliphatic heterocycles. The second-order valence-electron chi connectivity index (χ2n) is 29.0. The van der Waals surface area contributed by atoms with Gasteiger partial charge in [0, 0.05) is 62.3 Å². The number of aromatic hydroxyl groups is 1. The van der Waals surface area contributed by atoms with Crippen LogP contribution in [0, 0.1) is 34.5 Å². The first-order valence-corrected chi connectivity index (χ1v) is 39.8. The van der Waals surface area contributed by atoms with Crippen molar-refractivity contribution in [2.75, 3.05) is 75.7 Å². The van der Waals surface area contributed by atoms with Gasteiger partial charge < -0.3 is 49.2 Å². The summed E-state index contributed by atoms with van der Waals surface area (Å²) in [5, 5.41) is 31.1.